The maximum Gasteiger partial charge on any atom is 0.410 e. The molecule has 1 aromatic carbocycles. The first-order valence-corrected chi connectivity index (χ1v) is 16.4. The van der Waals surface area contributed by atoms with Crippen molar-refractivity contribution in [2.45, 2.75) is 64.7 Å². The molecule has 14 heteroatoms. The maximum absolute atomic E-state index is 13.8. The van der Waals surface area contributed by atoms with E-state index in [2.05, 4.69) is 10.4 Å². The van der Waals surface area contributed by atoms with E-state index >= 15 is 0 Å². The van der Waals surface area contributed by atoms with Gasteiger partial charge in [-0.05, 0) is 76.9 Å². The molecule has 2 aliphatic heterocycles. The van der Waals surface area contributed by atoms with Gasteiger partial charge in [-0.1, -0.05) is 0 Å². The fourth-order valence-corrected chi connectivity index (χ4v) is 8.30. The number of sulfonamides is 1. The summed E-state index contributed by atoms with van der Waals surface area (Å²) in [4.78, 5) is 42.0. The van der Waals surface area contributed by atoms with Gasteiger partial charge in [-0.2, -0.15) is 9.40 Å². The van der Waals surface area contributed by atoms with Crippen LogP contribution in [0.2, 0.25) is 0 Å². The number of nitrogens with zero attached hydrogens (tertiary/aromatic N) is 4. The van der Waals surface area contributed by atoms with Crippen LogP contribution in [0.3, 0.4) is 0 Å². The van der Waals surface area contributed by atoms with E-state index in [4.69, 9.17) is 9.47 Å². The van der Waals surface area contributed by atoms with E-state index < -0.39 is 22.0 Å². The number of carbonyl (C=O) groups is 3. The highest BCUT2D eigenvalue weighted by Gasteiger charge is 2.34. The molecule has 43 heavy (non-hydrogen) atoms. The van der Waals surface area contributed by atoms with Crippen LogP contribution < -0.4 is 5.32 Å². The minimum absolute atomic E-state index is 0.0800. The van der Waals surface area contributed by atoms with Gasteiger partial charge in [0.1, 0.15) is 5.00 Å². The molecule has 2 aromatic heterocycles. The summed E-state index contributed by atoms with van der Waals surface area (Å²) < 4.78 is 40.0. The fraction of sp³-hybridized carbons (Fsp3) is 0.448. The Bertz CT molecular complexity index is 1650. The van der Waals surface area contributed by atoms with Crippen LogP contribution in [-0.2, 0) is 32.5 Å². The molecule has 4 heterocycles. The van der Waals surface area contributed by atoms with E-state index in [1.807, 2.05) is 13.8 Å². The highest BCUT2D eigenvalue weighted by Crippen LogP contribution is 2.38. The average Bonchev–Trinajstić information content (AvgIpc) is 3.49. The molecular formula is C29H35N5O7S2. The van der Waals surface area contributed by atoms with Gasteiger partial charge in [0.25, 0.3) is 11.8 Å². The molecule has 0 bridgehead atoms. The molecule has 5 rings (SSSR count). The zero-order chi connectivity index (χ0) is 31.1. The largest absolute Gasteiger partial charge is 0.450 e. The second kappa shape index (κ2) is 12.2. The number of anilines is 1. The number of benzene rings is 1. The number of hydrogen-bond acceptors (Lipinski definition) is 9. The van der Waals surface area contributed by atoms with Crippen molar-refractivity contribution in [3.05, 3.63) is 63.3 Å². The van der Waals surface area contributed by atoms with Crippen LogP contribution in [0, 0.1) is 13.8 Å². The van der Waals surface area contributed by atoms with Crippen LogP contribution >= 0.6 is 11.3 Å². The monoisotopic (exact) mass is 629 g/mol. The number of hydrogen-bond donors (Lipinski definition) is 1. The SMILES string of the molecule is CCOC(=O)N1CCc2c(sc(NC(=O)c3ccc(S(=O)(=O)N4CC(C)OC(C)C4)cc3)c2C(=O)n2nc(C)cc2C)C1. The molecule has 0 saturated carbocycles. The van der Waals surface area contributed by atoms with Crippen molar-refractivity contribution in [2.75, 3.05) is 31.6 Å². The zero-order valence-corrected chi connectivity index (χ0v) is 26.4. The summed E-state index contributed by atoms with van der Waals surface area (Å²) in [6.07, 6.45) is -0.479. The van der Waals surface area contributed by atoms with Crippen molar-refractivity contribution in [1.29, 1.82) is 0 Å². The van der Waals surface area contributed by atoms with Crippen LogP contribution in [0.1, 0.15) is 63.3 Å². The molecule has 1 saturated heterocycles. The number of thiophene rings is 1. The van der Waals surface area contributed by atoms with Gasteiger partial charge in [0.2, 0.25) is 10.0 Å². The third kappa shape index (κ3) is 6.23. The molecule has 3 aromatic rings. The molecule has 12 nitrogen and oxygen atoms in total. The number of carbonyl (C=O) groups excluding carboxylic acids is 3. The summed E-state index contributed by atoms with van der Waals surface area (Å²) in [6.45, 7) is 10.3. The van der Waals surface area contributed by atoms with E-state index in [9.17, 15) is 22.8 Å². The number of fused-ring (bicyclic) bond motifs is 1. The number of morpholine rings is 1. The number of amides is 2. The van der Waals surface area contributed by atoms with Crippen LogP contribution in [0.25, 0.3) is 0 Å². The Morgan fingerprint density at radius 3 is 2.40 bits per heavy atom. The van der Waals surface area contributed by atoms with Gasteiger partial charge in [-0.15, -0.1) is 11.3 Å². The first-order valence-electron chi connectivity index (χ1n) is 14.1. The first kappa shape index (κ1) is 30.9. The maximum atomic E-state index is 13.8. The summed E-state index contributed by atoms with van der Waals surface area (Å²) >= 11 is 1.23. The molecule has 0 radical (unpaired) electrons. The van der Waals surface area contributed by atoms with Gasteiger partial charge in [0.05, 0.1) is 41.5 Å². The smallest absolute Gasteiger partial charge is 0.410 e. The van der Waals surface area contributed by atoms with Gasteiger partial charge in [-0.25, -0.2) is 17.9 Å². The normalized spacial score (nSPS) is 19.1. The molecular weight excluding hydrogens is 594 g/mol. The summed E-state index contributed by atoms with van der Waals surface area (Å²) in [5.74, 6) is -0.876. The number of aryl methyl sites for hydroxylation is 2. The van der Waals surface area contributed by atoms with E-state index in [0.717, 1.165) is 10.4 Å². The molecule has 1 N–H and O–H groups in total. The Balaban J connectivity index is 1.42. The number of ether oxygens (including phenoxy) is 2. The van der Waals surface area contributed by atoms with Crippen molar-refractivity contribution >= 4 is 44.3 Å². The lowest BCUT2D eigenvalue weighted by atomic mass is 10.0. The second-order valence-electron chi connectivity index (χ2n) is 10.8. The molecule has 0 spiro atoms. The number of nitrogens with one attached hydrogen (secondary N) is 1. The molecule has 2 unspecified atom stereocenters. The molecule has 2 amide bonds. The first-order chi connectivity index (χ1) is 20.4. The fourth-order valence-electron chi connectivity index (χ4n) is 5.46. The quantitative estimate of drug-likeness (QED) is 0.434. The highest BCUT2D eigenvalue weighted by atomic mass is 32.2. The Labute approximate surface area is 254 Å². The second-order valence-corrected chi connectivity index (χ2v) is 13.8. The topological polar surface area (TPSA) is 140 Å². The van der Waals surface area contributed by atoms with Crippen LogP contribution in [-0.4, -0.2) is 83.8 Å². The van der Waals surface area contributed by atoms with E-state index in [1.165, 1.54) is 44.6 Å². The van der Waals surface area contributed by atoms with Crippen molar-refractivity contribution in [3.8, 4) is 0 Å². The Hall–Kier alpha value is -3.59. The Kier molecular flexibility index (Phi) is 8.75. The Morgan fingerprint density at radius 1 is 1.12 bits per heavy atom. The minimum Gasteiger partial charge on any atom is -0.450 e. The van der Waals surface area contributed by atoms with Gasteiger partial charge in [0.15, 0.2) is 0 Å². The van der Waals surface area contributed by atoms with Gasteiger partial charge >= 0.3 is 6.09 Å². The van der Waals surface area contributed by atoms with Crippen molar-refractivity contribution in [1.82, 2.24) is 19.0 Å². The van der Waals surface area contributed by atoms with E-state index in [1.54, 1.807) is 31.7 Å². The van der Waals surface area contributed by atoms with Gasteiger partial charge in [0, 0.05) is 35.8 Å². The predicted molar refractivity (Wildman–Crippen MR) is 160 cm³/mol. The van der Waals surface area contributed by atoms with Crippen LogP contribution in [0.5, 0.6) is 0 Å². The van der Waals surface area contributed by atoms with E-state index in [-0.39, 0.29) is 54.8 Å². The third-order valence-electron chi connectivity index (χ3n) is 7.37. The van der Waals surface area contributed by atoms with Crippen LogP contribution in [0.15, 0.2) is 35.2 Å². The number of aromatic nitrogens is 2. The van der Waals surface area contributed by atoms with Crippen molar-refractivity contribution in [2.24, 2.45) is 0 Å². The Morgan fingerprint density at radius 2 is 1.79 bits per heavy atom. The van der Waals surface area contributed by atoms with Gasteiger partial charge < -0.3 is 19.7 Å². The summed E-state index contributed by atoms with van der Waals surface area (Å²) in [6, 6.07) is 7.52. The third-order valence-corrected chi connectivity index (χ3v) is 10.3. The highest BCUT2D eigenvalue weighted by molar-refractivity contribution is 7.89. The lowest BCUT2D eigenvalue weighted by molar-refractivity contribution is -0.0440. The van der Waals surface area contributed by atoms with Crippen LogP contribution in [0.4, 0.5) is 9.80 Å². The molecule has 2 atom stereocenters. The average molecular weight is 630 g/mol. The molecule has 1 fully saturated rings. The van der Waals surface area contributed by atoms with Crippen molar-refractivity contribution < 1.29 is 32.3 Å². The lowest BCUT2D eigenvalue weighted by Crippen LogP contribution is -2.48. The molecule has 230 valence electrons. The minimum atomic E-state index is -3.77. The van der Waals surface area contributed by atoms with Gasteiger partial charge in [-0.3, -0.25) is 9.59 Å². The predicted octanol–water partition coefficient (Wildman–Crippen LogP) is 3.81. The summed E-state index contributed by atoms with van der Waals surface area (Å²) in [7, 11) is -3.77. The zero-order valence-electron chi connectivity index (χ0n) is 24.7. The standard InChI is InChI=1S/C29H35N5O7S2/c1-6-40-29(37)32-12-11-23-24(16-32)42-27(25(23)28(36)34-18(3)13-17(2)31-34)30-26(35)21-7-9-22(10-8-21)43(38,39)33-14-19(4)41-20(5)15-33/h7-10,13,19-20H,6,11-12,14-16H2,1-5H3,(H,30,35). The summed E-state index contributed by atoms with van der Waals surface area (Å²) in [5, 5.41) is 7.56. The lowest BCUT2D eigenvalue weighted by Gasteiger charge is -2.34. The molecule has 2 aliphatic rings. The van der Waals surface area contributed by atoms with Crippen molar-refractivity contribution in [3.63, 3.8) is 0 Å². The van der Waals surface area contributed by atoms with E-state index in [0.29, 0.717) is 34.9 Å². The number of rotatable bonds is 6. The summed E-state index contributed by atoms with van der Waals surface area (Å²) in [5.41, 5.74) is 2.66. The molecule has 0 aliphatic carbocycles.